The molecule has 4 aromatic rings. The number of phenols is 1. The quantitative estimate of drug-likeness (QED) is 0.433. The number of para-hydroxylation sites is 1. The highest BCUT2D eigenvalue weighted by molar-refractivity contribution is 6.00. The summed E-state index contributed by atoms with van der Waals surface area (Å²) in [6.45, 7) is 3.49. The van der Waals surface area contributed by atoms with Crippen LogP contribution in [0, 0.1) is 24.0 Å². The summed E-state index contributed by atoms with van der Waals surface area (Å²) >= 11 is 0. The molecule has 2 aromatic carbocycles. The summed E-state index contributed by atoms with van der Waals surface area (Å²) in [5, 5.41) is 26.1. The first kappa shape index (κ1) is 15.9. The normalized spacial score (nSPS) is 11.2. The van der Waals surface area contributed by atoms with Crippen LogP contribution in [0.25, 0.3) is 27.8 Å². The SMILES string of the molecule is Cc1noc(C)c1-c1c([N+](=O)[O-])c2ccccc2n1-c1ccc(O)cc1. The summed E-state index contributed by atoms with van der Waals surface area (Å²) in [4.78, 5) is 11.6. The molecule has 4 rings (SSSR count). The highest BCUT2D eigenvalue weighted by Crippen LogP contribution is 2.43. The molecule has 130 valence electrons. The van der Waals surface area contributed by atoms with Crippen molar-refractivity contribution in [2.45, 2.75) is 13.8 Å². The van der Waals surface area contributed by atoms with Crippen molar-refractivity contribution in [1.82, 2.24) is 9.72 Å². The Hall–Kier alpha value is -3.61. The van der Waals surface area contributed by atoms with Crippen molar-refractivity contribution in [2.75, 3.05) is 0 Å². The van der Waals surface area contributed by atoms with Gasteiger partial charge in [-0.3, -0.25) is 10.1 Å². The molecule has 26 heavy (non-hydrogen) atoms. The number of nitrogens with zero attached hydrogens (tertiary/aromatic N) is 3. The van der Waals surface area contributed by atoms with Crippen molar-refractivity contribution in [3.05, 3.63) is 70.1 Å². The number of aromatic nitrogens is 2. The number of fused-ring (bicyclic) bond motifs is 1. The van der Waals surface area contributed by atoms with Gasteiger partial charge in [-0.05, 0) is 50.2 Å². The number of aromatic hydroxyl groups is 1. The first-order chi connectivity index (χ1) is 12.5. The monoisotopic (exact) mass is 349 g/mol. The van der Waals surface area contributed by atoms with Gasteiger partial charge >= 0.3 is 5.69 Å². The van der Waals surface area contributed by atoms with Crippen LogP contribution in [0.2, 0.25) is 0 Å². The predicted octanol–water partition coefficient (Wildman–Crippen LogP) is 4.52. The number of benzene rings is 2. The van der Waals surface area contributed by atoms with Crippen molar-refractivity contribution in [3.8, 4) is 22.7 Å². The van der Waals surface area contributed by atoms with Gasteiger partial charge in [0.25, 0.3) is 0 Å². The second-order valence-corrected chi connectivity index (χ2v) is 6.02. The third-order valence-corrected chi connectivity index (χ3v) is 4.41. The minimum Gasteiger partial charge on any atom is -0.508 e. The molecule has 0 atom stereocenters. The lowest BCUT2D eigenvalue weighted by molar-refractivity contribution is -0.382. The Labute approximate surface area is 148 Å². The van der Waals surface area contributed by atoms with Gasteiger partial charge in [-0.15, -0.1) is 0 Å². The van der Waals surface area contributed by atoms with E-state index in [1.165, 1.54) is 0 Å². The molecule has 2 aromatic heterocycles. The zero-order valence-electron chi connectivity index (χ0n) is 14.1. The van der Waals surface area contributed by atoms with Gasteiger partial charge in [0.05, 0.1) is 27.1 Å². The summed E-state index contributed by atoms with van der Waals surface area (Å²) in [6.07, 6.45) is 0. The Bertz CT molecular complexity index is 1120. The number of aryl methyl sites for hydroxylation is 2. The zero-order valence-corrected chi connectivity index (χ0v) is 14.1. The van der Waals surface area contributed by atoms with Gasteiger partial charge in [0.2, 0.25) is 0 Å². The van der Waals surface area contributed by atoms with E-state index in [-0.39, 0.29) is 16.4 Å². The van der Waals surface area contributed by atoms with Crippen LogP contribution in [0.3, 0.4) is 0 Å². The van der Waals surface area contributed by atoms with Crippen LogP contribution in [0.4, 0.5) is 5.69 Å². The second kappa shape index (κ2) is 5.73. The van der Waals surface area contributed by atoms with E-state index < -0.39 is 0 Å². The van der Waals surface area contributed by atoms with Gasteiger partial charge in [-0.2, -0.15) is 0 Å². The van der Waals surface area contributed by atoms with Crippen LogP contribution in [-0.2, 0) is 0 Å². The maximum atomic E-state index is 12.0. The Balaban J connectivity index is 2.21. The topological polar surface area (TPSA) is 94.3 Å². The molecule has 7 nitrogen and oxygen atoms in total. The molecule has 0 spiro atoms. The average Bonchev–Trinajstić information content (AvgIpc) is 3.12. The fourth-order valence-corrected chi connectivity index (χ4v) is 3.33. The van der Waals surface area contributed by atoms with Gasteiger partial charge in [0, 0.05) is 5.69 Å². The van der Waals surface area contributed by atoms with E-state index in [2.05, 4.69) is 5.16 Å². The summed E-state index contributed by atoms with van der Waals surface area (Å²) in [5.41, 5.74) is 2.98. The number of nitro groups is 1. The van der Waals surface area contributed by atoms with Crippen molar-refractivity contribution in [2.24, 2.45) is 0 Å². The molecule has 0 saturated heterocycles. The Morgan fingerprint density at radius 3 is 2.42 bits per heavy atom. The van der Waals surface area contributed by atoms with E-state index in [9.17, 15) is 15.2 Å². The van der Waals surface area contributed by atoms with Crippen LogP contribution in [0.1, 0.15) is 11.5 Å². The fraction of sp³-hybridized carbons (Fsp3) is 0.105. The van der Waals surface area contributed by atoms with Crippen LogP contribution in [0.15, 0.2) is 53.1 Å². The van der Waals surface area contributed by atoms with Crippen molar-refractivity contribution in [1.29, 1.82) is 0 Å². The Morgan fingerprint density at radius 1 is 1.12 bits per heavy atom. The minimum atomic E-state index is -0.375. The van der Waals surface area contributed by atoms with Gasteiger partial charge in [0.15, 0.2) is 0 Å². The molecule has 1 N–H and O–H groups in total. The smallest absolute Gasteiger partial charge is 0.303 e. The van der Waals surface area contributed by atoms with E-state index in [0.717, 1.165) is 0 Å². The molecule has 0 amide bonds. The standard InChI is InChI=1S/C19H15N3O4/c1-11-17(12(2)26-20-11)19-18(22(24)25)15-5-3-4-6-16(15)21(19)13-7-9-14(23)10-8-13/h3-10,23H,1-2H3. The lowest BCUT2D eigenvalue weighted by atomic mass is 10.1. The van der Waals surface area contributed by atoms with Crippen LogP contribution in [-0.4, -0.2) is 19.8 Å². The molecule has 0 radical (unpaired) electrons. The van der Waals surface area contributed by atoms with Gasteiger partial charge in [-0.25, -0.2) is 0 Å². The van der Waals surface area contributed by atoms with Crippen molar-refractivity contribution >= 4 is 16.6 Å². The van der Waals surface area contributed by atoms with Gasteiger partial charge < -0.3 is 14.2 Å². The average molecular weight is 349 g/mol. The molecule has 0 bridgehead atoms. The van der Waals surface area contributed by atoms with E-state index in [0.29, 0.717) is 39.3 Å². The van der Waals surface area contributed by atoms with E-state index >= 15 is 0 Å². The third-order valence-electron chi connectivity index (χ3n) is 4.41. The Kier molecular flexibility index (Phi) is 3.50. The molecule has 0 aliphatic rings. The molecule has 0 saturated carbocycles. The lowest BCUT2D eigenvalue weighted by Gasteiger charge is -2.10. The maximum Gasteiger partial charge on any atom is 0.303 e. The van der Waals surface area contributed by atoms with Crippen molar-refractivity contribution < 1.29 is 14.6 Å². The van der Waals surface area contributed by atoms with Crippen molar-refractivity contribution in [3.63, 3.8) is 0 Å². The summed E-state index contributed by atoms with van der Waals surface area (Å²) in [6, 6.07) is 13.7. The minimum absolute atomic E-state index is 0.00285. The highest BCUT2D eigenvalue weighted by Gasteiger charge is 2.31. The highest BCUT2D eigenvalue weighted by atomic mass is 16.6. The summed E-state index contributed by atoms with van der Waals surface area (Å²) in [5.74, 6) is 0.632. The van der Waals surface area contributed by atoms with Gasteiger partial charge in [-0.1, -0.05) is 17.3 Å². The summed E-state index contributed by atoms with van der Waals surface area (Å²) in [7, 11) is 0. The Morgan fingerprint density at radius 2 is 1.81 bits per heavy atom. The number of rotatable bonds is 3. The van der Waals surface area contributed by atoms with E-state index in [1.54, 1.807) is 54.8 Å². The largest absolute Gasteiger partial charge is 0.508 e. The number of hydrogen-bond acceptors (Lipinski definition) is 5. The lowest BCUT2D eigenvalue weighted by Crippen LogP contribution is -2.00. The maximum absolute atomic E-state index is 12.0. The molecule has 0 fully saturated rings. The fourth-order valence-electron chi connectivity index (χ4n) is 3.33. The predicted molar refractivity (Wildman–Crippen MR) is 96.6 cm³/mol. The van der Waals surface area contributed by atoms with Gasteiger partial charge in [0.1, 0.15) is 17.2 Å². The molecular weight excluding hydrogens is 334 g/mol. The molecule has 0 unspecified atom stereocenters. The van der Waals surface area contributed by atoms with E-state index in [1.807, 2.05) is 12.1 Å². The second-order valence-electron chi connectivity index (χ2n) is 6.02. The molecule has 2 heterocycles. The molecule has 7 heteroatoms. The first-order valence-corrected chi connectivity index (χ1v) is 7.99. The van der Waals surface area contributed by atoms with Crippen LogP contribution >= 0.6 is 0 Å². The number of phenolic OH excluding ortho intramolecular Hbond substituents is 1. The van der Waals surface area contributed by atoms with Crippen LogP contribution < -0.4 is 0 Å². The molecule has 0 aliphatic heterocycles. The molecular formula is C19H15N3O4. The molecule has 0 aliphatic carbocycles. The zero-order chi connectivity index (χ0) is 18.4. The third kappa shape index (κ3) is 2.25. The number of hydrogen-bond donors (Lipinski definition) is 1. The summed E-state index contributed by atoms with van der Waals surface area (Å²) < 4.78 is 7.07. The van der Waals surface area contributed by atoms with E-state index in [4.69, 9.17) is 4.52 Å². The first-order valence-electron chi connectivity index (χ1n) is 7.99. The van der Waals surface area contributed by atoms with Crippen LogP contribution in [0.5, 0.6) is 5.75 Å².